The number of carbonyl (C=O) groups is 3. The fraction of sp³-hybridized carbons (Fsp3) is 0.786. The molecule has 2 fully saturated rings. The Morgan fingerprint density at radius 1 is 1.04 bits per heavy atom. The van der Waals surface area contributed by atoms with Gasteiger partial charge in [0, 0.05) is 32.7 Å². The van der Waals surface area contributed by atoms with Gasteiger partial charge in [-0.15, -0.1) is 0 Å². The molecular weight excluding hydrogens is 331 g/mol. The van der Waals surface area contributed by atoms with Crippen LogP contribution in [0.3, 0.4) is 0 Å². The molecule has 3 amide bonds. The smallest absolute Gasteiger partial charge is 0.450 e. The Kier molecular flexibility index (Phi) is 5.55. The largest absolute Gasteiger partial charge is 0.471 e. The van der Waals surface area contributed by atoms with Crippen molar-refractivity contribution in [3.63, 3.8) is 0 Å². The fourth-order valence-electron chi connectivity index (χ4n) is 2.96. The van der Waals surface area contributed by atoms with Gasteiger partial charge < -0.3 is 19.4 Å². The summed E-state index contributed by atoms with van der Waals surface area (Å²) in [7, 11) is 0. The second-order valence-electron chi connectivity index (χ2n) is 5.67. The average Bonchev–Trinajstić information content (AvgIpc) is 3.02. The van der Waals surface area contributed by atoms with Crippen molar-refractivity contribution < 1.29 is 32.3 Å². The highest BCUT2D eigenvalue weighted by Gasteiger charge is 2.48. The molecule has 2 heterocycles. The summed E-state index contributed by atoms with van der Waals surface area (Å²) in [5.41, 5.74) is 0. The zero-order valence-corrected chi connectivity index (χ0v) is 13.3. The summed E-state index contributed by atoms with van der Waals surface area (Å²) >= 11 is 0. The first-order valence-corrected chi connectivity index (χ1v) is 7.84. The van der Waals surface area contributed by atoms with Crippen molar-refractivity contribution in [1.29, 1.82) is 0 Å². The molecule has 0 saturated carbocycles. The van der Waals surface area contributed by atoms with Crippen molar-refractivity contribution in [2.45, 2.75) is 32.0 Å². The van der Waals surface area contributed by atoms with Crippen molar-refractivity contribution in [3.05, 3.63) is 0 Å². The van der Waals surface area contributed by atoms with Crippen molar-refractivity contribution >= 4 is 17.9 Å². The third kappa shape index (κ3) is 3.90. The summed E-state index contributed by atoms with van der Waals surface area (Å²) < 4.78 is 42.7. The molecule has 7 nitrogen and oxygen atoms in total. The van der Waals surface area contributed by atoms with Crippen molar-refractivity contribution in [1.82, 2.24) is 14.7 Å². The van der Waals surface area contributed by atoms with Crippen LogP contribution in [0.5, 0.6) is 0 Å². The van der Waals surface area contributed by atoms with Gasteiger partial charge in [0.2, 0.25) is 5.91 Å². The quantitative estimate of drug-likeness (QED) is 0.739. The molecule has 10 heteroatoms. The highest BCUT2D eigenvalue weighted by Crippen LogP contribution is 2.27. The first-order chi connectivity index (χ1) is 11.3. The molecule has 136 valence electrons. The number of amides is 3. The normalized spacial score (nSPS) is 21.8. The Balaban J connectivity index is 1.95. The van der Waals surface area contributed by atoms with E-state index in [0.717, 1.165) is 0 Å². The zero-order chi connectivity index (χ0) is 17.9. The van der Waals surface area contributed by atoms with Crippen LogP contribution in [0.1, 0.15) is 19.8 Å². The fourth-order valence-corrected chi connectivity index (χ4v) is 2.96. The maximum Gasteiger partial charge on any atom is 0.471 e. The van der Waals surface area contributed by atoms with E-state index < -0.39 is 30.1 Å². The topological polar surface area (TPSA) is 70.2 Å². The van der Waals surface area contributed by atoms with Gasteiger partial charge in [-0.05, 0) is 19.8 Å². The van der Waals surface area contributed by atoms with E-state index in [0.29, 0.717) is 11.3 Å². The molecule has 0 aromatic carbocycles. The summed E-state index contributed by atoms with van der Waals surface area (Å²) in [6.45, 7) is 2.79. The molecular formula is C14H20F3N3O4. The Bertz CT molecular complexity index is 504. The number of rotatable bonds is 2. The predicted octanol–water partition coefficient (Wildman–Crippen LogP) is 0.840. The molecule has 0 N–H and O–H groups in total. The number of nitrogens with zero attached hydrogens (tertiary/aromatic N) is 3. The van der Waals surface area contributed by atoms with E-state index in [-0.39, 0.29) is 45.8 Å². The summed E-state index contributed by atoms with van der Waals surface area (Å²) in [5, 5.41) is 0. The predicted molar refractivity (Wildman–Crippen MR) is 76.0 cm³/mol. The van der Waals surface area contributed by atoms with Crippen LogP contribution in [0.2, 0.25) is 0 Å². The first kappa shape index (κ1) is 18.3. The molecule has 2 aliphatic rings. The number of ether oxygens (including phenoxy) is 1. The Morgan fingerprint density at radius 2 is 1.62 bits per heavy atom. The van der Waals surface area contributed by atoms with Crippen LogP contribution in [-0.2, 0) is 14.3 Å². The first-order valence-electron chi connectivity index (χ1n) is 7.84. The summed E-state index contributed by atoms with van der Waals surface area (Å²) in [4.78, 5) is 39.0. The van der Waals surface area contributed by atoms with Gasteiger partial charge in [-0.3, -0.25) is 9.59 Å². The molecule has 24 heavy (non-hydrogen) atoms. The summed E-state index contributed by atoms with van der Waals surface area (Å²) in [5.74, 6) is -2.46. The van der Waals surface area contributed by atoms with Gasteiger partial charge in [0.15, 0.2) is 0 Å². The monoisotopic (exact) mass is 351 g/mol. The minimum atomic E-state index is -4.98. The van der Waals surface area contributed by atoms with Crippen molar-refractivity contribution in [2.75, 3.05) is 39.3 Å². The van der Waals surface area contributed by atoms with Gasteiger partial charge in [0.05, 0.1) is 6.61 Å². The molecule has 0 spiro atoms. The maximum atomic E-state index is 12.6. The van der Waals surface area contributed by atoms with E-state index in [1.165, 1.54) is 9.80 Å². The second kappa shape index (κ2) is 7.27. The lowest BCUT2D eigenvalue weighted by molar-refractivity contribution is -0.187. The summed E-state index contributed by atoms with van der Waals surface area (Å²) in [6.07, 6.45) is -4.87. The van der Waals surface area contributed by atoms with Gasteiger partial charge in [-0.2, -0.15) is 13.2 Å². The minimum absolute atomic E-state index is 0.0719. The maximum absolute atomic E-state index is 12.6. The highest BCUT2D eigenvalue weighted by atomic mass is 19.4. The molecule has 0 aromatic heterocycles. The minimum Gasteiger partial charge on any atom is -0.450 e. The standard InChI is InChI=1S/C14H20F3N3O4/c1-2-24-13(23)19-8-6-18(7-9-19)11(21)10-4-3-5-20(10)12(22)14(15,16)17/h10H,2-9H2,1H3. The van der Waals surface area contributed by atoms with E-state index in [1.807, 2.05) is 0 Å². The van der Waals surface area contributed by atoms with E-state index in [9.17, 15) is 27.6 Å². The van der Waals surface area contributed by atoms with Gasteiger partial charge in [0.25, 0.3) is 0 Å². The van der Waals surface area contributed by atoms with Crippen molar-refractivity contribution in [3.8, 4) is 0 Å². The third-order valence-corrected chi connectivity index (χ3v) is 4.16. The Labute approximate surface area is 137 Å². The van der Waals surface area contributed by atoms with Gasteiger partial charge in [-0.25, -0.2) is 4.79 Å². The lowest BCUT2D eigenvalue weighted by Crippen LogP contribution is -2.56. The van der Waals surface area contributed by atoms with Gasteiger partial charge in [-0.1, -0.05) is 0 Å². The van der Waals surface area contributed by atoms with Crippen LogP contribution in [0, 0.1) is 0 Å². The molecule has 0 bridgehead atoms. The third-order valence-electron chi connectivity index (χ3n) is 4.16. The number of hydrogen-bond donors (Lipinski definition) is 0. The molecule has 2 rings (SSSR count). The summed E-state index contributed by atoms with van der Waals surface area (Å²) in [6, 6.07) is -1.08. The molecule has 2 aliphatic heterocycles. The van der Waals surface area contributed by atoms with Crippen LogP contribution in [-0.4, -0.2) is 84.2 Å². The van der Waals surface area contributed by atoms with E-state index in [2.05, 4.69) is 0 Å². The molecule has 0 aliphatic carbocycles. The molecule has 0 aromatic rings. The number of halogens is 3. The van der Waals surface area contributed by atoms with Crippen LogP contribution in [0.25, 0.3) is 0 Å². The number of piperazine rings is 1. The van der Waals surface area contributed by atoms with Crippen LogP contribution >= 0.6 is 0 Å². The molecule has 1 unspecified atom stereocenters. The van der Waals surface area contributed by atoms with E-state index >= 15 is 0 Å². The highest BCUT2D eigenvalue weighted by molar-refractivity contribution is 5.90. The lowest BCUT2D eigenvalue weighted by atomic mass is 10.1. The molecule has 0 radical (unpaired) electrons. The second-order valence-corrected chi connectivity index (χ2v) is 5.67. The van der Waals surface area contributed by atoms with Gasteiger partial charge in [0.1, 0.15) is 6.04 Å². The van der Waals surface area contributed by atoms with E-state index in [4.69, 9.17) is 4.74 Å². The average molecular weight is 351 g/mol. The SMILES string of the molecule is CCOC(=O)N1CCN(C(=O)C2CCCN2C(=O)C(F)(F)F)CC1. The Morgan fingerprint density at radius 3 is 2.17 bits per heavy atom. The molecule has 2 saturated heterocycles. The van der Waals surface area contributed by atoms with Crippen LogP contribution < -0.4 is 0 Å². The number of alkyl halides is 3. The van der Waals surface area contributed by atoms with E-state index in [1.54, 1.807) is 6.92 Å². The number of hydrogen-bond acceptors (Lipinski definition) is 4. The van der Waals surface area contributed by atoms with Crippen LogP contribution in [0.4, 0.5) is 18.0 Å². The van der Waals surface area contributed by atoms with Crippen molar-refractivity contribution in [2.24, 2.45) is 0 Å². The molecule has 1 atom stereocenters. The van der Waals surface area contributed by atoms with Gasteiger partial charge >= 0.3 is 18.2 Å². The number of carbonyl (C=O) groups excluding carboxylic acids is 3. The zero-order valence-electron chi connectivity index (χ0n) is 13.3. The lowest BCUT2D eigenvalue weighted by Gasteiger charge is -2.36. The van der Waals surface area contributed by atoms with Crippen LogP contribution in [0.15, 0.2) is 0 Å². The number of likely N-dealkylation sites (tertiary alicyclic amines) is 1. The Hall–Kier alpha value is -2.00.